The Morgan fingerprint density at radius 2 is 1.44 bits per heavy atom. The lowest BCUT2D eigenvalue weighted by molar-refractivity contribution is -0.124. The quantitative estimate of drug-likeness (QED) is 0.377. The Hall–Kier alpha value is -1.19. The normalized spacial score (nSPS) is 23.9. The molecule has 150 valence electrons. The van der Waals surface area contributed by atoms with E-state index in [0.29, 0.717) is 16.6 Å². The van der Waals surface area contributed by atoms with E-state index in [2.05, 4.69) is 84.0 Å². The highest BCUT2D eigenvalue weighted by molar-refractivity contribution is 6.77. The minimum Gasteiger partial charge on any atom is -0.412 e. The highest BCUT2D eigenvalue weighted by Crippen LogP contribution is 2.47. The SMILES string of the molecule is CC(=O)[C@@H]1CC=CC[C@H](c2ccccc2)[C@@H]1O[Si](C(C)C)(C(C)C)C(C)C. The van der Waals surface area contributed by atoms with Crippen molar-refractivity contribution in [2.45, 2.75) is 90.0 Å². The molecule has 0 unspecified atom stereocenters. The van der Waals surface area contributed by atoms with Crippen LogP contribution in [0.1, 0.15) is 72.8 Å². The fraction of sp³-hybridized carbons (Fsp3) is 0.625. The molecule has 0 amide bonds. The van der Waals surface area contributed by atoms with Gasteiger partial charge in [0, 0.05) is 11.8 Å². The van der Waals surface area contributed by atoms with Crippen LogP contribution in [0.2, 0.25) is 16.6 Å². The van der Waals surface area contributed by atoms with Gasteiger partial charge in [-0.2, -0.15) is 0 Å². The molecule has 0 aliphatic heterocycles. The molecule has 0 aromatic heterocycles. The topological polar surface area (TPSA) is 26.3 Å². The first-order valence-electron chi connectivity index (χ1n) is 10.6. The Labute approximate surface area is 167 Å². The molecule has 0 heterocycles. The van der Waals surface area contributed by atoms with Gasteiger partial charge in [-0.05, 0) is 42.0 Å². The van der Waals surface area contributed by atoms with Gasteiger partial charge in [0.05, 0.1) is 6.10 Å². The zero-order valence-corrected chi connectivity index (χ0v) is 19.2. The summed E-state index contributed by atoms with van der Waals surface area (Å²) in [6.07, 6.45) is 6.13. The van der Waals surface area contributed by atoms with E-state index in [1.165, 1.54) is 5.56 Å². The lowest BCUT2D eigenvalue weighted by Gasteiger charge is -2.47. The van der Waals surface area contributed by atoms with Crippen molar-refractivity contribution in [2.75, 3.05) is 0 Å². The first kappa shape index (κ1) is 22.1. The molecule has 1 aromatic carbocycles. The number of Topliss-reactive ketones (excluding diaryl/α,β-unsaturated/α-hetero) is 1. The van der Waals surface area contributed by atoms with E-state index in [-0.39, 0.29) is 23.7 Å². The number of ketones is 1. The van der Waals surface area contributed by atoms with Gasteiger partial charge < -0.3 is 4.43 Å². The van der Waals surface area contributed by atoms with Crippen LogP contribution in [-0.4, -0.2) is 20.2 Å². The molecule has 2 nitrogen and oxygen atoms in total. The third-order valence-electron chi connectivity index (χ3n) is 6.54. The maximum Gasteiger partial charge on any atom is 0.200 e. The van der Waals surface area contributed by atoms with Gasteiger partial charge in [0.1, 0.15) is 5.78 Å². The monoisotopic (exact) mass is 386 g/mol. The number of allylic oxidation sites excluding steroid dienone is 2. The standard InChI is InChI=1S/C24H38O2Si/c1-17(2)27(18(3)4,19(5)6)26-24-22(20(7)25)15-11-12-16-23(24)21-13-9-8-10-14-21/h8-14,17-19,22-24H,15-16H2,1-7H3/t22-,23+,24+/m0/s1. The summed E-state index contributed by atoms with van der Waals surface area (Å²) >= 11 is 0. The number of benzene rings is 1. The molecule has 27 heavy (non-hydrogen) atoms. The molecule has 0 saturated heterocycles. The van der Waals surface area contributed by atoms with Crippen LogP contribution in [-0.2, 0) is 9.22 Å². The average molecular weight is 387 g/mol. The van der Waals surface area contributed by atoms with Crippen molar-refractivity contribution < 1.29 is 9.22 Å². The summed E-state index contributed by atoms with van der Waals surface area (Å²) in [5, 5.41) is 0. The Balaban J connectivity index is 2.54. The number of carbonyl (C=O) groups excluding carboxylic acids is 1. The first-order valence-corrected chi connectivity index (χ1v) is 12.7. The van der Waals surface area contributed by atoms with Crippen molar-refractivity contribution in [3.8, 4) is 0 Å². The molecule has 3 heteroatoms. The number of carbonyl (C=O) groups is 1. The molecule has 3 atom stereocenters. The van der Waals surface area contributed by atoms with Gasteiger partial charge in [-0.15, -0.1) is 0 Å². The van der Waals surface area contributed by atoms with Crippen LogP contribution < -0.4 is 0 Å². The van der Waals surface area contributed by atoms with Gasteiger partial charge in [-0.1, -0.05) is 84.0 Å². The van der Waals surface area contributed by atoms with E-state index in [1.54, 1.807) is 6.92 Å². The van der Waals surface area contributed by atoms with Crippen LogP contribution in [0, 0.1) is 5.92 Å². The second-order valence-electron chi connectivity index (χ2n) is 9.08. The van der Waals surface area contributed by atoms with Crippen LogP contribution in [0.25, 0.3) is 0 Å². The molecule has 0 fully saturated rings. The third kappa shape index (κ3) is 4.63. The third-order valence-corrected chi connectivity index (χ3v) is 12.6. The number of hydrogen-bond acceptors (Lipinski definition) is 2. The minimum absolute atomic E-state index is 0.0428. The maximum absolute atomic E-state index is 12.6. The highest BCUT2D eigenvalue weighted by atomic mass is 28.4. The Bertz CT molecular complexity index is 611. The minimum atomic E-state index is -2.08. The molecule has 0 spiro atoms. The van der Waals surface area contributed by atoms with Crippen LogP contribution in [0.3, 0.4) is 0 Å². The van der Waals surface area contributed by atoms with Gasteiger partial charge in [0.15, 0.2) is 0 Å². The molecule has 1 aromatic rings. The molecule has 1 aliphatic rings. The summed E-state index contributed by atoms with van der Waals surface area (Å²) in [5.74, 6) is 0.436. The van der Waals surface area contributed by atoms with Crippen LogP contribution in [0.5, 0.6) is 0 Å². The number of hydrogen-bond donors (Lipinski definition) is 0. The molecule has 0 saturated carbocycles. The van der Waals surface area contributed by atoms with Crippen LogP contribution in [0.4, 0.5) is 0 Å². The molecular formula is C24H38O2Si. The predicted octanol–water partition coefficient (Wildman–Crippen LogP) is 6.89. The van der Waals surface area contributed by atoms with Crippen molar-refractivity contribution in [2.24, 2.45) is 5.92 Å². The van der Waals surface area contributed by atoms with Gasteiger partial charge in [-0.25, -0.2) is 0 Å². The van der Waals surface area contributed by atoms with E-state index in [1.807, 2.05) is 0 Å². The summed E-state index contributed by atoms with van der Waals surface area (Å²) in [6, 6.07) is 10.6. The Kier molecular flexibility index (Phi) is 7.64. The Morgan fingerprint density at radius 1 is 0.926 bits per heavy atom. The summed E-state index contributed by atoms with van der Waals surface area (Å²) in [4.78, 5) is 12.6. The van der Waals surface area contributed by atoms with E-state index < -0.39 is 8.32 Å². The van der Waals surface area contributed by atoms with Crippen molar-refractivity contribution in [3.63, 3.8) is 0 Å². The molecule has 0 bridgehead atoms. The zero-order valence-electron chi connectivity index (χ0n) is 18.2. The predicted molar refractivity (Wildman–Crippen MR) is 118 cm³/mol. The van der Waals surface area contributed by atoms with E-state index in [4.69, 9.17) is 4.43 Å². The second-order valence-corrected chi connectivity index (χ2v) is 14.5. The van der Waals surface area contributed by atoms with E-state index in [0.717, 1.165) is 12.8 Å². The fourth-order valence-electron chi connectivity index (χ4n) is 5.27. The zero-order chi connectivity index (χ0) is 20.2. The van der Waals surface area contributed by atoms with Crippen molar-refractivity contribution >= 4 is 14.1 Å². The lowest BCUT2D eigenvalue weighted by atomic mass is 9.83. The van der Waals surface area contributed by atoms with Crippen molar-refractivity contribution in [1.82, 2.24) is 0 Å². The highest BCUT2D eigenvalue weighted by Gasteiger charge is 2.49. The Morgan fingerprint density at radius 3 is 1.93 bits per heavy atom. The lowest BCUT2D eigenvalue weighted by Crippen LogP contribution is -2.53. The molecule has 0 N–H and O–H groups in total. The molecule has 2 rings (SSSR count). The van der Waals surface area contributed by atoms with Crippen molar-refractivity contribution in [3.05, 3.63) is 48.0 Å². The number of rotatable bonds is 7. The van der Waals surface area contributed by atoms with Crippen LogP contribution >= 0.6 is 0 Å². The molecular weight excluding hydrogens is 348 g/mol. The summed E-state index contributed by atoms with van der Waals surface area (Å²) < 4.78 is 7.26. The summed E-state index contributed by atoms with van der Waals surface area (Å²) in [6.45, 7) is 15.7. The van der Waals surface area contributed by atoms with Gasteiger partial charge in [0.2, 0.25) is 8.32 Å². The summed E-state index contributed by atoms with van der Waals surface area (Å²) in [7, 11) is -2.08. The first-order chi connectivity index (χ1) is 12.7. The smallest absolute Gasteiger partial charge is 0.200 e. The van der Waals surface area contributed by atoms with E-state index >= 15 is 0 Å². The maximum atomic E-state index is 12.6. The largest absolute Gasteiger partial charge is 0.412 e. The second kappa shape index (κ2) is 9.34. The van der Waals surface area contributed by atoms with Gasteiger partial charge in [-0.3, -0.25) is 4.79 Å². The molecule has 1 aliphatic carbocycles. The molecule has 0 radical (unpaired) electrons. The summed E-state index contributed by atoms with van der Waals surface area (Å²) in [5.41, 5.74) is 2.83. The average Bonchev–Trinajstić information content (AvgIpc) is 2.81. The van der Waals surface area contributed by atoms with Crippen LogP contribution in [0.15, 0.2) is 42.5 Å². The van der Waals surface area contributed by atoms with Gasteiger partial charge >= 0.3 is 0 Å². The fourth-order valence-corrected chi connectivity index (χ4v) is 10.9. The van der Waals surface area contributed by atoms with Gasteiger partial charge in [0.25, 0.3) is 0 Å². The van der Waals surface area contributed by atoms with Crippen molar-refractivity contribution in [1.29, 1.82) is 0 Å². The van der Waals surface area contributed by atoms with E-state index in [9.17, 15) is 4.79 Å².